The number of benzene rings is 1. The molecule has 0 radical (unpaired) electrons. The minimum atomic E-state index is -4.53. The van der Waals surface area contributed by atoms with Crippen molar-refractivity contribution in [1.82, 2.24) is 29.4 Å². The quantitative estimate of drug-likeness (QED) is 0.429. The molecule has 1 aliphatic rings. The fourth-order valence-electron chi connectivity index (χ4n) is 4.60. The Morgan fingerprint density at radius 2 is 1.91 bits per heavy atom. The highest BCUT2D eigenvalue weighted by atomic mass is 32.1. The van der Waals surface area contributed by atoms with E-state index in [0.717, 1.165) is 27.4 Å². The van der Waals surface area contributed by atoms with Gasteiger partial charge in [0.05, 0.1) is 38.9 Å². The predicted octanol–water partition coefficient (Wildman–Crippen LogP) is 4.52. The number of amides is 1. The van der Waals surface area contributed by atoms with Gasteiger partial charge in [-0.1, -0.05) is 0 Å². The zero-order chi connectivity index (χ0) is 23.7. The monoisotopic (exact) mass is 474 g/mol. The van der Waals surface area contributed by atoms with E-state index in [1.54, 1.807) is 22.1 Å². The van der Waals surface area contributed by atoms with Crippen LogP contribution >= 0.6 is 11.3 Å². The van der Waals surface area contributed by atoms with Crippen molar-refractivity contribution in [2.75, 3.05) is 6.54 Å². The van der Waals surface area contributed by atoms with Gasteiger partial charge in [-0.15, -0.1) is 11.3 Å². The Labute approximate surface area is 191 Å². The van der Waals surface area contributed by atoms with E-state index in [4.69, 9.17) is 0 Å². The summed E-state index contributed by atoms with van der Waals surface area (Å²) in [7, 11) is 3.19. The summed E-state index contributed by atoms with van der Waals surface area (Å²) < 4.78 is 43.3. The van der Waals surface area contributed by atoms with Crippen LogP contribution in [0.2, 0.25) is 0 Å². The molecule has 4 heterocycles. The normalized spacial score (nSPS) is 16.5. The molecule has 0 spiro atoms. The molecule has 0 saturated carbocycles. The molecule has 1 aromatic carbocycles. The van der Waals surface area contributed by atoms with Gasteiger partial charge in [0, 0.05) is 31.8 Å². The second kappa shape index (κ2) is 7.41. The Kier molecular flexibility index (Phi) is 4.85. The maximum Gasteiger partial charge on any atom is 0.435 e. The van der Waals surface area contributed by atoms with Crippen LogP contribution in [0.4, 0.5) is 13.2 Å². The number of carbonyl (C=O) groups is 1. The Bertz CT molecular complexity index is 1400. The Morgan fingerprint density at radius 3 is 2.61 bits per heavy atom. The minimum absolute atomic E-state index is 0.0985. The number of aryl methyl sites for hydroxylation is 3. The van der Waals surface area contributed by atoms with E-state index in [1.807, 2.05) is 26.0 Å². The molecular weight excluding hydrogens is 453 g/mol. The zero-order valence-corrected chi connectivity index (χ0v) is 19.3. The standard InChI is InChI=1S/C22H21F3N6OS/c1-11-7-13(8-16-18(11)26-10-33-16)21(32)31-6-5-14-19(12(31)2)28-30(4)20(14)15-9-17(22(23,24)25)27-29(15)3/h7-10,12H,5-6H2,1-4H3. The molecule has 1 aliphatic heterocycles. The number of thiazole rings is 1. The Hall–Kier alpha value is -3.21. The van der Waals surface area contributed by atoms with Crippen LogP contribution in [-0.2, 0) is 26.7 Å². The number of halogens is 3. The van der Waals surface area contributed by atoms with E-state index < -0.39 is 11.9 Å². The van der Waals surface area contributed by atoms with Crippen LogP contribution < -0.4 is 0 Å². The largest absolute Gasteiger partial charge is 0.435 e. The van der Waals surface area contributed by atoms with Gasteiger partial charge in [-0.3, -0.25) is 14.2 Å². The Morgan fingerprint density at radius 1 is 1.15 bits per heavy atom. The lowest BCUT2D eigenvalue weighted by molar-refractivity contribution is -0.141. The van der Waals surface area contributed by atoms with Gasteiger partial charge in [0.1, 0.15) is 0 Å². The summed E-state index contributed by atoms with van der Waals surface area (Å²) >= 11 is 1.49. The van der Waals surface area contributed by atoms with Gasteiger partial charge in [-0.25, -0.2) is 4.98 Å². The third-order valence-electron chi connectivity index (χ3n) is 6.19. The van der Waals surface area contributed by atoms with Crippen LogP contribution in [0.25, 0.3) is 21.6 Å². The molecule has 33 heavy (non-hydrogen) atoms. The average Bonchev–Trinajstić information content (AvgIpc) is 3.44. The van der Waals surface area contributed by atoms with Crippen LogP contribution in [0, 0.1) is 6.92 Å². The molecule has 5 rings (SSSR count). The molecule has 0 fully saturated rings. The van der Waals surface area contributed by atoms with Gasteiger partial charge >= 0.3 is 6.18 Å². The van der Waals surface area contributed by atoms with Crippen molar-refractivity contribution in [1.29, 1.82) is 0 Å². The predicted molar refractivity (Wildman–Crippen MR) is 118 cm³/mol. The summed E-state index contributed by atoms with van der Waals surface area (Å²) in [5.41, 5.74) is 5.74. The van der Waals surface area contributed by atoms with Gasteiger partial charge in [0.15, 0.2) is 5.69 Å². The van der Waals surface area contributed by atoms with Crippen molar-refractivity contribution < 1.29 is 18.0 Å². The summed E-state index contributed by atoms with van der Waals surface area (Å²) in [4.78, 5) is 19.5. The van der Waals surface area contributed by atoms with Crippen molar-refractivity contribution in [3.05, 3.63) is 51.8 Å². The van der Waals surface area contributed by atoms with E-state index in [2.05, 4.69) is 15.2 Å². The number of alkyl halides is 3. The maximum atomic E-state index is 13.4. The summed E-state index contributed by atoms with van der Waals surface area (Å²) in [5.74, 6) is -0.0985. The first-order valence-corrected chi connectivity index (χ1v) is 11.3. The molecule has 0 N–H and O–H groups in total. The molecule has 7 nitrogen and oxygen atoms in total. The molecular formula is C22H21F3N6OS. The van der Waals surface area contributed by atoms with E-state index >= 15 is 0 Å². The summed E-state index contributed by atoms with van der Waals surface area (Å²) in [6.45, 7) is 4.27. The van der Waals surface area contributed by atoms with Crippen LogP contribution in [0.5, 0.6) is 0 Å². The topological polar surface area (TPSA) is 68.8 Å². The molecule has 172 valence electrons. The van der Waals surface area contributed by atoms with Crippen LogP contribution in [0.15, 0.2) is 23.7 Å². The van der Waals surface area contributed by atoms with Crippen LogP contribution in [-0.4, -0.2) is 41.9 Å². The van der Waals surface area contributed by atoms with E-state index in [0.29, 0.717) is 35.6 Å². The van der Waals surface area contributed by atoms with Crippen molar-refractivity contribution >= 4 is 27.5 Å². The molecule has 4 aromatic rings. The third kappa shape index (κ3) is 3.41. The minimum Gasteiger partial charge on any atom is -0.330 e. The lowest BCUT2D eigenvalue weighted by Gasteiger charge is -2.33. The first-order chi connectivity index (χ1) is 15.6. The van der Waals surface area contributed by atoms with Crippen molar-refractivity contribution in [2.24, 2.45) is 14.1 Å². The molecule has 1 amide bonds. The second-order valence-electron chi connectivity index (χ2n) is 8.29. The van der Waals surface area contributed by atoms with Crippen LogP contribution in [0.1, 0.15) is 45.8 Å². The first-order valence-electron chi connectivity index (χ1n) is 10.4. The van der Waals surface area contributed by atoms with Gasteiger partial charge in [-0.05, 0) is 44.0 Å². The van der Waals surface area contributed by atoms with E-state index in [9.17, 15) is 18.0 Å². The molecule has 0 bridgehead atoms. The lowest BCUT2D eigenvalue weighted by Crippen LogP contribution is -2.39. The van der Waals surface area contributed by atoms with Gasteiger partial charge in [-0.2, -0.15) is 23.4 Å². The number of hydrogen-bond acceptors (Lipinski definition) is 5. The van der Waals surface area contributed by atoms with Gasteiger partial charge in [0.2, 0.25) is 0 Å². The SMILES string of the molecule is Cc1cc(C(=O)N2CCc3c(nn(C)c3-c3cc(C(F)(F)F)nn3C)C2C)cc2scnc12. The number of aromatic nitrogens is 5. The number of carbonyl (C=O) groups excluding carboxylic acids is 1. The molecule has 0 saturated heterocycles. The van der Waals surface area contributed by atoms with E-state index in [-0.39, 0.29) is 11.9 Å². The number of fused-ring (bicyclic) bond motifs is 2. The lowest BCUT2D eigenvalue weighted by atomic mass is 9.96. The number of nitrogens with zero attached hydrogens (tertiary/aromatic N) is 6. The fourth-order valence-corrected chi connectivity index (χ4v) is 5.39. The van der Waals surface area contributed by atoms with E-state index in [1.165, 1.54) is 23.1 Å². The summed E-state index contributed by atoms with van der Waals surface area (Å²) in [6.07, 6.45) is -4.04. The number of hydrogen-bond donors (Lipinski definition) is 0. The zero-order valence-electron chi connectivity index (χ0n) is 18.4. The number of rotatable bonds is 2. The molecule has 3 aromatic heterocycles. The highest BCUT2D eigenvalue weighted by Crippen LogP contribution is 2.38. The summed E-state index contributed by atoms with van der Waals surface area (Å²) in [6, 6.07) is 4.44. The smallest absolute Gasteiger partial charge is 0.330 e. The molecule has 1 atom stereocenters. The molecule has 1 unspecified atom stereocenters. The van der Waals surface area contributed by atoms with Crippen molar-refractivity contribution in [2.45, 2.75) is 32.5 Å². The van der Waals surface area contributed by atoms with Crippen molar-refractivity contribution in [3.8, 4) is 11.4 Å². The fraction of sp³-hybridized carbons (Fsp3) is 0.364. The average molecular weight is 475 g/mol. The molecule has 0 aliphatic carbocycles. The Balaban J connectivity index is 1.51. The summed E-state index contributed by atoms with van der Waals surface area (Å²) in [5, 5.41) is 8.24. The van der Waals surface area contributed by atoms with Gasteiger partial charge in [0.25, 0.3) is 5.91 Å². The maximum absolute atomic E-state index is 13.4. The van der Waals surface area contributed by atoms with Crippen LogP contribution in [0.3, 0.4) is 0 Å². The second-order valence-corrected chi connectivity index (χ2v) is 9.18. The third-order valence-corrected chi connectivity index (χ3v) is 6.97. The molecule has 11 heteroatoms. The van der Waals surface area contributed by atoms with Gasteiger partial charge < -0.3 is 4.90 Å². The highest BCUT2D eigenvalue weighted by Gasteiger charge is 2.37. The van der Waals surface area contributed by atoms with Crippen molar-refractivity contribution in [3.63, 3.8) is 0 Å². The highest BCUT2D eigenvalue weighted by molar-refractivity contribution is 7.16. The first kappa shape index (κ1) is 21.6.